The average Bonchev–Trinajstić information content (AvgIpc) is 2.58. The first-order valence-corrected chi connectivity index (χ1v) is 7.26. The number of rotatable bonds is 3. The van der Waals surface area contributed by atoms with Crippen LogP contribution in [0.5, 0.6) is 0 Å². The second-order valence-electron chi connectivity index (χ2n) is 5.22. The summed E-state index contributed by atoms with van der Waals surface area (Å²) in [4.78, 5) is 12.4. The van der Waals surface area contributed by atoms with E-state index >= 15 is 0 Å². The molecule has 0 unspecified atom stereocenters. The highest BCUT2D eigenvalue weighted by molar-refractivity contribution is 6.05. The lowest BCUT2D eigenvalue weighted by atomic mass is 10.0. The molecule has 108 valence electrons. The summed E-state index contributed by atoms with van der Waals surface area (Å²) in [6, 6.07) is 25.5. The zero-order chi connectivity index (χ0) is 15.4. The summed E-state index contributed by atoms with van der Waals surface area (Å²) in [5.74, 6) is -0.0907. The molecule has 0 saturated carbocycles. The molecule has 3 aromatic carbocycles. The summed E-state index contributed by atoms with van der Waals surface area (Å²) >= 11 is 0. The van der Waals surface area contributed by atoms with E-state index in [-0.39, 0.29) is 5.91 Å². The van der Waals surface area contributed by atoms with E-state index in [9.17, 15) is 4.79 Å². The lowest BCUT2D eigenvalue weighted by Crippen LogP contribution is -2.12. The van der Waals surface area contributed by atoms with Crippen LogP contribution in [0.3, 0.4) is 0 Å². The Morgan fingerprint density at radius 3 is 2.23 bits per heavy atom. The molecule has 2 heteroatoms. The third-order valence-corrected chi connectivity index (χ3v) is 3.63. The van der Waals surface area contributed by atoms with E-state index in [1.54, 1.807) is 0 Å². The number of aryl methyl sites for hydroxylation is 1. The Labute approximate surface area is 130 Å². The number of hydrogen-bond acceptors (Lipinski definition) is 1. The molecule has 3 aromatic rings. The molecule has 0 aliphatic carbocycles. The molecule has 1 N–H and O–H groups in total. The van der Waals surface area contributed by atoms with E-state index in [2.05, 4.69) is 5.32 Å². The van der Waals surface area contributed by atoms with Crippen molar-refractivity contribution in [3.8, 4) is 11.1 Å². The van der Waals surface area contributed by atoms with Crippen LogP contribution in [0, 0.1) is 6.92 Å². The van der Waals surface area contributed by atoms with Crippen molar-refractivity contribution < 1.29 is 4.79 Å². The molecular weight excluding hydrogens is 270 g/mol. The van der Waals surface area contributed by atoms with Gasteiger partial charge in [-0.3, -0.25) is 4.79 Å². The molecule has 0 fully saturated rings. The van der Waals surface area contributed by atoms with Crippen molar-refractivity contribution in [2.45, 2.75) is 6.92 Å². The standard InChI is InChI=1S/C20H17NO/c1-15-8-5-6-13-19(15)21-20(22)18-12-7-11-17(14-18)16-9-3-2-4-10-16/h2-14H,1H3,(H,21,22). The highest BCUT2D eigenvalue weighted by atomic mass is 16.1. The predicted octanol–water partition coefficient (Wildman–Crippen LogP) is 4.91. The highest BCUT2D eigenvalue weighted by Crippen LogP contribution is 2.21. The van der Waals surface area contributed by atoms with Crippen molar-refractivity contribution in [1.82, 2.24) is 0 Å². The van der Waals surface area contributed by atoms with Gasteiger partial charge in [0.15, 0.2) is 0 Å². The van der Waals surface area contributed by atoms with Gasteiger partial charge in [0.2, 0.25) is 0 Å². The number of amides is 1. The third kappa shape index (κ3) is 3.07. The van der Waals surface area contributed by atoms with Crippen LogP contribution in [-0.4, -0.2) is 5.91 Å². The summed E-state index contributed by atoms with van der Waals surface area (Å²) in [5, 5.41) is 2.97. The number of nitrogens with one attached hydrogen (secondary N) is 1. The number of benzene rings is 3. The van der Waals surface area contributed by atoms with Gasteiger partial charge in [-0.05, 0) is 41.8 Å². The van der Waals surface area contributed by atoms with Gasteiger partial charge in [0.25, 0.3) is 5.91 Å². The van der Waals surface area contributed by atoms with E-state index < -0.39 is 0 Å². The summed E-state index contributed by atoms with van der Waals surface area (Å²) in [5.41, 5.74) is 4.70. The normalized spacial score (nSPS) is 10.2. The smallest absolute Gasteiger partial charge is 0.255 e. The van der Waals surface area contributed by atoms with E-state index in [4.69, 9.17) is 0 Å². The molecule has 0 bridgehead atoms. The monoisotopic (exact) mass is 287 g/mol. The fourth-order valence-electron chi connectivity index (χ4n) is 2.38. The van der Waals surface area contributed by atoms with E-state index in [1.165, 1.54) is 0 Å². The molecular formula is C20H17NO. The van der Waals surface area contributed by atoms with Gasteiger partial charge in [0.1, 0.15) is 0 Å². The molecule has 0 spiro atoms. The van der Waals surface area contributed by atoms with Crippen LogP contribution < -0.4 is 5.32 Å². The molecule has 2 nitrogen and oxygen atoms in total. The SMILES string of the molecule is Cc1ccccc1NC(=O)c1cccc(-c2ccccc2)c1. The van der Waals surface area contributed by atoms with Gasteiger partial charge in [-0.15, -0.1) is 0 Å². The Morgan fingerprint density at radius 1 is 0.773 bits per heavy atom. The zero-order valence-electron chi connectivity index (χ0n) is 12.4. The van der Waals surface area contributed by atoms with Crippen molar-refractivity contribution in [3.63, 3.8) is 0 Å². The number of carbonyl (C=O) groups excluding carboxylic acids is 1. The predicted molar refractivity (Wildman–Crippen MR) is 91.0 cm³/mol. The second-order valence-corrected chi connectivity index (χ2v) is 5.22. The maximum atomic E-state index is 12.4. The van der Waals surface area contributed by atoms with Crippen molar-refractivity contribution in [1.29, 1.82) is 0 Å². The van der Waals surface area contributed by atoms with Crippen LogP contribution in [0.4, 0.5) is 5.69 Å². The summed E-state index contributed by atoms with van der Waals surface area (Å²) in [6.45, 7) is 1.98. The lowest BCUT2D eigenvalue weighted by Gasteiger charge is -2.09. The molecule has 0 heterocycles. The van der Waals surface area contributed by atoms with Crippen molar-refractivity contribution >= 4 is 11.6 Å². The number of anilines is 1. The highest BCUT2D eigenvalue weighted by Gasteiger charge is 2.08. The van der Waals surface area contributed by atoms with Crippen LogP contribution in [-0.2, 0) is 0 Å². The van der Waals surface area contributed by atoms with E-state index in [0.717, 1.165) is 22.4 Å². The van der Waals surface area contributed by atoms with Crippen molar-refractivity contribution in [2.75, 3.05) is 5.32 Å². The summed E-state index contributed by atoms with van der Waals surface area (Å²) in [7, 11) is 0. The van der Waals surface area contributed by atoms with Crippen LogP contribution >= 0.6 is 0 Å². The van der Waals surface area contributed by atoms with Crippen molar-refractivity contribution in [2.24, 2.45) is 0 Å². The maximum absolute atomic E-state index is 12.4. The number of carbonyl (C=O) groups is 1. The Kier molecular flexibility index (Phi) is 4.01. The van der Waals surface area contributed by atoms with Gasteiger partial charge >= 0.3 is 0 Å². The van der Waals surface area contributed by atoms with Crippen LogP contribution in [0.1, 0.15) is 15.9 Å². The Hall–Kier alpha value is -2.87. The van der Waals surface area contributed by atoms with Gasteiger partial charge in [-0.1, -0.05) is 60.7 Å². The van der Waals surface area contributed by atoms with Gasteiger partial charge in [0, 0.05) is 11.3 Å². The molecule has 0 aliphatic rings. The molecule has 0 radical (unpaired) electrons. The Morgan fingerprint density at radius 2 is 1.45 bits per heavy atom. The first-order chi connectivity index (χ1) is 10.7. The van der Waals surface area contributed by atoms with Crippen LogP contribution in [0.15, 0.2) is 78.9 Å². The van der Waals surface area contributed by atoms with Crippen LogP contribution in [0.2, 0.25) is 0 Å². The maximum Gasteiger partial charge on any atom is 0.255 e. The lowest BCUT2D eigenvalue weighted by molar-refractivity contribution is 0.102. The molecule has 22 heavy (non-hydrogen) atoms. The fraction of sp³-hybridized carbons (Fsp3) is 0.0500. The van der Waals surface area contributed by atoms with Gasteiger partial charge in [-0.2, -0.15) is 0 Å². The largest absolute Gasteiger partial charge is 0.322 e. The van der Waals surface area contributed by atoms with E-state index in [1.807, 2.05) is 85.8 Å². The second kappa shape index (κ2) is 6.27. The molecule has 0 aromatic heterocycles. The first kappa shape index (κ1) is 14.1. The number of para-hydroxylation sites is 1. The quantitative estimate of drug-likeness (QED) is 0.728. The minimum absolute atomic E-state index is 0.0907. The summed E-state index contributed by atoms with van der Waals surface area (Å²) in [6.07, 6.45) is 0. The van der Waals surface area contributed by atoms with Crippen LogP contribution in [0.25, 0.3) is 11.1 Å². The molecule has 0 aliphatic heterocycles. The average molecular weight is 287 g/mol. The van der Waals surface area contributed by atoms with Gasteiger partial charge < -0.3 is 5.32 Å². The van der Waals surface area contributed by atoms with Crippen molar-refractivity contribution in [3.05, 3.63) is 90.0 Å². The molecule has 1 amide bonds. The molecule has 3 rings (SSSR count). The Balaban J connectivity index is 1.86. The third-order valence-electron chi connectivity index (χ3n) is 3.63. The van der Waals surface area contributed by atoms with Gasteiger partial charge in [-0.25, -0.2) is 0 Å². The zero-order valence-corrected chi connectivity index (χ0v) is 12.4. The first-order valence-electron chi connectivity index (χ1n) is 7.26. The fourth-order valence-corrected chi connectivity index (χ4v) is 2.38. The molecule has 0 atom stereocenters. The molecule has 0 saturated heterocycles. The van der Waals surface area contributed by atoms with E-state index in [0.29, 0.717) is 5.56 Å². The van der Waals surface area contributed by atoms with Gasteiger partial charge in [0.05, 0.1) is 0 Å². The summed E-state index contributed by atoms with van der Waals surface area (Å²) < 4.78 is 0. The Bertz CT molecular complexity index is 794. The minimum atomic E-state index is -0.0907. The minimum Gasteiger partial charge on any atom is -0.322 e. The topological polar surface area (TPSA) is 29.1 Å². The number of hydrogen-bond donors (Lipinski definition) is 1.